The Morgan fingerprint density at radius 2 is 2.22 bits per heavy atom. The number of hydrogen-bond acceptors (Lipinski definition) is 2. The maximum Gasteiger partial charge on any atom is 0.125 e. The maximum absolute atomic E-state index is 13.3. The Kier molecular flexibility index (Phi) is 2.84. The summed E-state index contributed by atoms with van der Waals surface area (Å²) in [6.45, 7) is 5.08. The number of fused-ring (bicyclic) bond motifs is 1. The van der Waals surface area contributed by atoms with Crippen molar-refractivity contribution in [2.45, 2.75) is 13.0 Å². The molecule has 3 rings (SSSR count). The largest absolute Gasteiger partial charge is 0.358 e. The van der Waals surface area contributed by atoms with Crippen LogP contribution in [0.2, 0.25) is 0 Å². The van der Waals surface area contributed by atoms with Crippen LogP contribution in [0.25, 0.3) is 10.9 Å². The first-order valence-corrected chi connectivity index (χ1v) is 6.35. The predicted molar refractivity (Wildman–Crippen MR) is 71.2 cm³/mol. The molecule has 1 aromatic heterocycles. The van der Waals surface area contributed by atoms with E-state index in [2.05, 4.69) is 29.2 Å². The lowest BCUT2D eigenvalue weighted by Crippen LogP contribution is -2.43. The van der Waals surface area contributed by atoms with Gasteiger partial charge in [0.25, 0.3) is 0 Å². The van der Waals surface area contributed by atoms with Crippen molar-refractivity contribution in [3.05, 3.63) is 35.3 Å². The highest BCUT2D eigenvalue weighted by molar-refractivity contribution is 5.85. The lowest BCUT2D eigenvalue weighted by atomic mass is 10.0. The van der Waals surface area contributed by atoms with E-state index in [9.17, 15) is 4.39 Å². The van der Waals surface area contributed by atoms with Crippen molar-refractivity contribution >= 4 is 10.9 Å². The predicted octanol–water partition coefficient (Wildman–Crippen LogP) is 2.19. The molecule has 4 heteroatoms. The maximum atomic E-state index is 13.3. The summed E-state index contributed by atoms with van der Waals surface area (Å²) in [7, 11) is 2.15. The van der Waals surface area contributed by atoms with E-state index in [1.54, 1.807) is 6.07 Å². The van der Waals surface area contributed by atoms with E-state index in [4.69, 9.17) is 0 Å². The quantitative estimate of drug-likeness (QED) is 0.809. The first-order valence-electron chi connectivity index (χ1n) is 6.35. The van der Waals surface area contributed by atoms with Gasteiger partial charge in [0.2, 0.25) is 0 Å². The Bertz CT molecular complexity index is 576. The zero-order valence-electron chi connectivity index (χ0n) is 10.8. The van der Waals surface area contributed by atoms with Gasteiger partial charge in [-0.05, 0) is 37.7 Å². The van der Waals surface area contributed by atoms with Gasteiger partial charge in [0.1, 0.15) is 5.82 Å². The van der Waals surface area contributed by atoms with Gasteiger partial charge in [-0.2, -0.15) is 0 Å². The second kappa shape index (κ2) is 4.37. The number of hydrogen-bond donors (Lipinski definition) is 2. The molecule has 2 N–H and O–H groups in total. The Labute approximate surface area is 106 Å². The fourth-order valence-corrected chi connectivity index (χ4v) is 2.88. The SMILES string of the molecule is Cc1[nH]c2cc(F)ccc2c1C1CNCCN1C. The van der Waals surface area contributed by atoms with E-state index < -0.39 is 0 Å². The van der Waals surface area contributed by atoms with Crippen molar-refractivity contribution in [3.8, 4) is 0 Å². The minimum Gasteiger partial charge on any atom is -0.358 e. The number of H-pyrrole nitrogens is 1. The highest BCUT2D eigenvalue weighted by Gasteiger charge is 2.25. The molecule has 1 atom stereocenters. The summed E-state index contributed by atoms with van der Waals surface area (Å²) in [5, 5.41) is 4.56. The number of nitrogens with one attached hydrogen (secondary N) is 2. The Balaban J connectivity index is 2.12. The first kappa shape index (κ1) is 11.7. The van der Waals surface area contributed by atoms with Crippen LogP contribution in [0, 0.1) is 12.7 Å². The molecule has 0 bridgehead atoms. The zero-order valence-corrected chi connectivity index (χ0v) is 10.8. The van der Waals surface area contributed by atoms with Crippen LogP contribution in [0.3, 0.4) is 0 Å². The monoisotopic (exact) mass is 247 g/mol. The topological polar surface area (TPSA) is 31.1 Å². The number of nitrogens with zero attached hydrogens (tertiary/aromatic N) is 1. The Morgan fingerprint density at radius 1 is 1.39 bits per heavy atom. The van der Waals surface area contributed by atoms with E-state index >= 15 is 0 Å². The highest BCUT2D eigenvalue weighted by Crippen LogP contribution is 2.31. The van der Waals surface area contributed by atoms with Crippen LogP contribution in [0.1, 0.15) is 17.3 Å². The Morgan fingerprint density at radius 3 is 3.00 bits per heavy atom. The van der Waals surface area contributed by atoms with Crippen molar-refractivity contribution in [3.63, 3.8) is 0 Å². The Hall–Kier alpha value is -1.39. The number of rotatable bonds is 1. The van der Waals surface area contributed by atoms with Crippen molar-refractivity contribution in [2.24, 2.45) is 0 Å². The molecule has 2 aromatic rings. The molecule has 0 aliphatic carbocycles. The van der Waals surface area contributed by atoms with Crippen LogP contribution >= 0.6 is 0 Å². The summed E-state index contributed by atoms with van der Waals surface area (Å²) in [6, 6.07) is 5.35. The van der Waals surface area contributed by atoms with Gasteiger partial charge in [-0.1, -0.05) is 0 Å². The normalized spacial score (nSPS) is 21.6. The fourth-order valence-electron chi connectivity index (χ4n) is 2.88. The molecule has 0 amide bonds. The summed E-state index contributed by atoms with van der Waals surface area (Å²) in [5.74, 6) is -0.189. The molecule has 1 saturated heterocycles. The minimum atomic E-state index is -0.189. The third-order valence-electron chi connectivity index (χ3n) is 3.84. The standard InChI is InChI=1S/C14H18FN3/c1-9-14(13-8-16-5-6-18(13)2)11-4-3-10(15)7-12(11)17-9/h3-4,7,13,16-17H,5-6,8H2,1-2H3. The van der Waals surface area contributed by atoms with Crippen LogP contribution in [0.15, 0.2) is 18.2 Å². The molecule has 0 saturated carbocycles. The van der Waals surface area contributed by atoms with Gasteiger partial charge in [-0.15, -0.1) is 0 Å². The van der Waals surface area contributed by atoms with Crippen molar-refractivity contribution < 1.29 is 4.39 Å². The van der Waals surface area contributed by atoms with Crippen LogP contribution < -0.4 is 5.32 Å². The lowest BCUT2D eigenvalue weighted by molar-refractivity contribution is 0.203. The summed E-state index contributed by atoms with van der Waals surface area (Å²) >= 11 is 0. The van der Waals surface area contributed by atoms with Gasteiger partial charge < -0.3 is 10.3 Å². The summed E-state index contributed by atoms with van der Waals surface area (Å²) in [4.78, 5) is 5.65. The third-order valence-corrected chi connectivity index (χ3v) is 3.84. The number of aryl methyl sites for hydroxylation is 1. The molecule has 1 unspecified atom stereocenters. The van der Waals surface area contributed by atoms with Gasteiger partial charge in [-0.25, -0.2) is 4.39 Å². The summed E-state index contributed by atoms with van der Waals surface area (Å²) < 4.78 is 13.3. The number of likely N-dealkylation sites (N-methyl/N-ethyl adjacent to an activating group) is 1. The molecule has 1 aliphatic rings. The van der Waals surface area contributed by atoms with Crippen molar-refractivity contribution in [1.29, 1.82) is 0 Å². The summed E-state index contributed by atoms with van der Waals surface area (Å²) in [6.07, 6.45) is 0. The molecule has 1 fully saturated rings. The average Bonchev–Trinajstić information content (AvgIpc) is 2.65. The fraction of sp³-hybridized carbons (Fsp3) is 0.429. The van der Waals surface area contributed by atoms with E-state index in [0.717, 1.165) is 36.2 Å². The number of aromatic amines is 1. The van der Waals surface area contributed by atoms with Crippen molar-refractivity contribution in [1.82, 2.24) is 15.2 Å². The molecule has 1 aliphatic heterocycles. The number of aromatic nitrogens is 1. The smallest absolute Gasteiger partial charge is 0.125 e. The van der Waals surface area contributed by atoms with Gasteiger partial charge in [0.15, 0.2) is 0 Å². The van der Waals surface area contributed by atoms with Crippen LogP contribution in [0.5, 0.6) is 0 Å². The number of piperazine rings is 1. The van der Waals surface area contributed by atoms with Crippen LogP contribution in [-0.2, 0) is 0 Å². The third kappa shape index (κ3) is 1.82. The van der Waals surface area contributed by atoms with Crippen molar-refractivity contribution in [2.75, 3.05) is 26.7 Å². The van der Waals surface area contributed by atoms with E-state index in [1.807, 2.05) is 6.07 Å². The first-order chi connectivity index (χ1) is 8.66. The second-order valence-electron chi connectivity index (χ2n) is 5.05. The summed E-state index contributed by atoms with van der Waals surface area (Å²) in [5.41, 5.74) is 3.32. The molecular weight excluding hydrogens is 229 g/mol. The number of benzene rings is 1. The molecule has 3 nitrogen and oxygen atoms in total. The average molecular weight is 247 g/mol. The highest BCUT2D eigenvalue weighted by atomic mass is 19.1. The van der Waals surface area contributed by atoms with Gasteiger partial charge in [0.05, 0.1) is 0 Å². The van der Waals surface area contributed by atoms with E-state index in [0.29, 0.717) is 6.04 Å². The van der Waals surface area contributed by atoms with Gasteiger partial charge in [-0.3, -0.25) is 4.90 Å². The van der Waals surface area contributed by atoms with Gasteiger partial charge >= 0.3 is 0 Å². The molecule has 0 spiro atoms. The molecule has 1 aromatic carbocycles. The van der Waals surface area contributed by atoms with Crippen LogP contribution in [-0.4, -0.2) is 36.6 Å². The van der Waals surface area contributed by atoms with E-state index in [-0.39, 0.29) is 5.82 Å². The molecule has 96 valence electrons. The zero-order chi connectivity index (χ0) is 12.7. The molecular formula is C14H18FN3. The molecule has 0 radical (unpaired) electrons. The van der Waals surface area contributed by atoms with Gasteiger partial charge in [0, 0.05) is 42.3 Å². The molecule has 18 heavy (non-hydrogen) atoms. The minimum absolute atomic E-state index is 0.189. The van der Waals surface area contributed by atoms with E-state index in [1.165, 1.54) is 11.6 Å². The molecule has 2 heterocycles. The number of halogens is 1. The second-order valence-corrected chi connectivity index (χ2v) is 5.05. The lowest BCUT2D eigenvalue weighted by Gasteiger charge is -2.33. The van der Waals surface area contributed by atoms with Crippen LogP contribution in [0.4, 0.5) is 4.39 Å².